The molecule has 4 aromatic rings. The van der Waals surface area contributed by atoms with Crippen LogP contribution in [-0.2, 0) is 12.0 Å². The van der Waals surface area contributed by atoms with Crippen molar-refractivity contribution >= 4 is 29.2 Å². The van der Waals surface area contributed by atoms with Gasteiger partial charge in [-0.1, -0.05) is 45.0 Å². The Morgan fingerprint density at radius 2 is 1.73 bits per heavy atom. The van der Waals surface area contributed by atoms with E-state index < -0.39 is 0 Å². The highest BCUT2D eigenvalue weighted by molar-refractivity contribution is 6.05. The van der Waals surface area contributed by atoms with Crippen molar-refractivity contribution in [3.63, 3.8) is 0 Å². The molecule has 0 fully saturated rings. The standard InChI is InChI=1S/C28H30N6O3/c1-16-14-19(12-13-23(16)36)30-27-33-24(32-26(29)34-27)20-6-5-7-22(21(20)15-35)31-25(37)17-8-10-18(11-9-17)28(2,3)4/h5-14,35-36H,15H2,1-4H3,(H,31,37)(H3,29,30,32,33,34). The number of carbonyl (C=O) groups excluding carboxylic acids is 1. The molecule has 6 N–H and O–H groups in total. The van der Waals surface area contributed by atoms with Crippen LogP contribution in [-0.4, -0.2) is 31.1 Å². The molecule has 0 unspecified atom stereocenters. The third-order valence-corrected chi connectivity index (χ3v) is 5.94. The minimum absolute atomic E-state index is 0.0136. The summed E-state index contributed by atoms with van der Waals surface area (Å²) < 4.78 is 0. The molecule has 0 atom stereocenters. The number of aryl methyl sites for hydroxylation is 1. The Balaban J connectivity index is 1.63. The fourth-order valence-corrected chi connectivity index (χ4v) is 3.83. The monoisotopic (exact) mass is 498 g/mol. The first kappa shape index (κ1) is 25.6. The van der Waals surface area contributed by atoms with E-state index in [-0.39, 0.29) is 41.4 Å². The maximum atomic E-state index is 13.0. The van der Waals surface area contributed by atoms with Gasteiger partial charge in [0, 0.05) is 28.1 Å². The molecule has 0 saturated carbocycles. The van der Waals surface area contributed by atoms with E-state index in [0.29, 0.717) is 33.6 Å². The van der Waals surface area contributed by atoms with Gasteiger partial charge in [0.05, 0.1) is 6.61 Å². The number of nitrogens with one attached hydrogen (secondary N) is 2. The number of amides is 1. The van der Waals surface area contributed by atoms with Gasteiger partial charge in [-0.2, -0.15) is 15.0 Å². The van der Waals surface area contributed by atoms with E-state index in [4.69, 9.17) is 5.73 Å². The van der Waals surface area contributed by atoms with Crippen LogP contribution in [0.25, 0.3) is 11.4 Å². The molecule has 9 heteroatoms. The zero-order chi connectivity index (χ0) is 26.7. The van der Waals surface area contributed by atoms with Crippen molar-refractivity contribution in [1.29, 1.82) is 0 Å². The van der Waals surface area contributed by atoms with E-state index in [1.54, 1.807) is 55.5 Å². The van der Waals surface area contributed by atoms with Gasteiger partial charge in [0.15, 0.2) is 5.82 Å². The molecular weight excluding hydrogens is 468 g/mol. The molecule has 190 valence electrons. The number of nitrogens with two attached hydrogens (primary N) is 1. The summed E-state index contributed by atoms with van der Waals surface area (Å²) in [5, 5.41) is 25.9. The van der Waals surface area contributed by atoms with Crippen LogP contribution in [0.1, 0.15) is 47.8 Å². The number of carbonyl (C=O) groups is 1. The predicted molar refractivity (Wildman–Crippen MR) is 145 cm³/mol. The quantitative estimate of drug-likeness (QED) is 0.235. The van der Waals surface area contributed by atoms with Gasteiger partial charge < -0.3 is 26.6 Å². The fraction of sp³-hybridized carbons (Fsp3) is 0.214. The maximum Gasteiger partial charge on any atom is 0.255 e. The SMILES string of the molecule is Cc1cc(Nc2nc(N)nc(-c3cccc(NC(=O)c4ccc(C(C)(C)C)cc4)c3CO)n2)ccc1O. The van der Waals surface area contributed by atoms with Crippen LogP contribution in [0, 0.1) is 6.92 Å². The van der Waals surface area contributed by atoms with Crippen LogP contribution in [0.4, 0.5) is 23.3 Å². The number of nitrogen functional groups attached to an aromatic ring is 1. The van der Waals surface area contributed by atoms with Crippen LogP contribution >= 0.6 is 0 Å². The fourth-order valence-electron chi connectivity index (χ4n) is 3.83. The smallest absolute Gasteiger partial charge is 0.255 e. The van der Waals surface area contributed by atoms with Crippen molar-refractivity contribution in [1.82, 2.24) is 15.0 Å². The number of rotatable bonds is 6. The molecule has 0 aliphatic rings. The number of aliphatic hydroxyl groups excluding tert-OH is 1. The average Bonchev–Trinajstić information content (AvgIpc) is 2.85. The topological polar surface area (TPSA) is 146 Å². The number of benzene rings is 3. The van der Waals surface area contributed by atoms with E-state index in [1.165, 1.54) is 0 Å². The second-order valence-corrected chi connectivity index (χ2v) is 9.74. The minimum Gasteiger partial charge on any atom is -0.508 e. The first-order valence-electron chi connectivity index (χ1n) is 11.8. The van der Waals surface area contributed by atoms with Crippen molar-refractivity contribution < 1.29 is 15.0 Å². The van der Waals surface area contributed by atoms with E-state index >= 15 is 0 Å². The van der Waals surface area contributed by atoms with Crippen LogP contribution < -0.4 is 16.4 Å². The van der Waals surface area contributed by atoms with E-state index in [1.807, 2.05) is 12.1 Å². The summed E-state index contributed by atoms with van der Waals surface area (Å²) in [6, 6.07) is 17.6. The number of aromatic hydroxyl groups is 1. The van der Waals surface area contributed by atoms with Gasteiger partial charge in [-0.05, 0) is 59.9 Å². The average molecular weight is 499 g/mol. The number of hydrogen-bond donors (Lipinski definition) is 5. The molecule has 37 heavy (non-hydrogen) atoms. The van der Waals surface area contributed by atoms with E-state index in [2.05, 4.69) is 46.4 Å². The summed E-state index contributed by atoms with van der Waals surface area (Å²) in [4.78, 5) is 25.8. The zero-order valence-electron chi connectivity index (χ0n) is 21.2. The Labute approximate surface area is 215 Å². The highest BCUT2D eigenvalue weighted by Crippen LogP contribution is 2.30. The van der Waals surface area contributed by atoms with Gasteiger partial charge in [-0.3, -0.25) is 4.79 Å². The lowest BCUT2D eigenvalue weighted by molar-refractivity contribution is 0.102. The van der Waals surface area contributed by atoms with Crippen molar-refractivity contribution in [2.45, 2.75) is 39.7 Å². The largest absolute Gasteiger partial charge is 0.508 e. The van der Waals surface area contributed by atoms with Crippen LogP contribution in [0.3, 0.4) is 0 Å². The molecule has 0 saturated heterocycles. The molecule has 4 rings (SSSR count). The molecule has 3 aromatic carbocycles. The Bertz CT molecular complexity index is 1450. The molecule has 1 aromatic heterocycles. The molecule has 0 aliphatic carbocycles. The summed E-state index contributed by atoms with van der Waals surface area (Å²) in [7, 11) is 0. The second kappa shape index (κ2) is 10.2. The van der Waals surface area contributed by atoms with Crippen molar-refractivity contribution in [3.8, 4) is 17.1 Å². The summed E-state index contributed by atoms with van der Waals surface area (Å²) in [6.45, 7) is 7.76. The summed E-state index contributed by atoms with van der Waals surface area (Å²) in [6.07, 6.45) is 0. The van der Waals surface area contributed by atoms with Gasteiger partial charge in [0.1, 0.15) is 5.75 Å². The van der Waals surface area contributed by atoms with Crippen LogP contribution in [0.15, 0.2) is 60.7 Å². The lowest BCUT2D eigenvalue weighted by Gasteiger charge is -2.19. The van der Waals surface area contributed by atoms with Gasteiger partial charge in [0.25, 0.3) is 5.91 Å². The molecule has 1 heterocycles. The highest BCUT2D eigenvalue weighted by Gasteiger charge is 2.18. The predicted octanol–water partition coefficient (Wildman–Crippen LogP) is 4.92. The van der Waals surface area contributed by atoms with Crippen molar-refractivity contribution in [2.75, 3.05) is 16.4 Å². The lowest BCUT2D eigenvalue weighted by Crippen LogP contribution is -2.15. The molecule has 0 radical (unpaired) electrons. The number of nitrogens with zero attached hydrogens (tertiary/aromatic N) is 3. The van der Waals surface area contributed by atoms with Gasteiger partial charge in [-0.15, -0.1) is 0 Å². The van der Waals surface area contributed by atoms with E-state index in [9.17, 15) is 15.0 Å². The first-order chi connectivity index (χ1) is 17.5. The molecule has 1 amide bonds. The lowest BCUT2D eigenvalue weighted by atomic mass is 9.86. The van der Waals surface area contributed by atoms with Crippen molar-refractivity contribution in [2.24, 2.45) is 0 Å². The summed E-state index contributed by atoms with van der Waals surface area (Å²) >= 11 is 0. The zero-order valence-corrected chi connectivity index (χ0v) is 21.2. The Hall–Kier alpha value is -4.50. The van der Waals surface area contributed by atoms with Gasteiger partial charge >= 0.3 is 0 Å². The minimum atomic E-state index is -0.361. The number of aromatic nitrogens is 3. The van der Waals surface area contributed by atoms with Crippen molar-refractivity contribution in [3.05, 3.63) is 82.9 Å². The van der Waals surface area contributed by atoms with Gasteiger partial charge in [0.2, 0.25) is 11.9 Å². The maximum absolute atomic E-state index is 13.0. The molecular formula is C28H30N6O3. The number of phenols is 1. The number of anilines is 4. The molecule has 0 bridgehead atoms. The Kier molecular flexibility index (Phi) is 7.08. The Morgan fingerprint density at radius 1 is 1.00 bits per heavy atom. The number of aliphatic hydroxyl groups is 1. The van der Waals surface area contributed by atoms with Crippen LogP contribution in [0.5, 0.6) is 5.75 Å². The normalized spacial score (nSPS) is 11.3. The first-order valence-corrected chi connectivity index (χ1v) is 11.8. The highest BCUT2D eigenvalue weighted by atomic mass is 16.3. The summed E-state index contributed by atoms with van der Waals surface area (Å²) in [5.41, 5.74) is 10.3. The molecule has 9 nitrogen and oxygen atoms in total. The molecule has 0 spiro atoms. The second-order valence-electron chi connectivity index (χ2n) is 9.74. The van der Waals surface area contributed by atoms with E-state index in [0.717, 1.165) is 5.56 Å². The third kappa shape index (κ3) is 5.84. The summed E-state index contributed by atoms with van der Waals surface area (Å²) in [5.74, 6) is 0.302. The number of hydrogen-bond acceptors (Lipinski definition) is 8. The van der Waals surface area contributed by atoms with Gasteiger partial charge in [-0.25, -0.2) is 0 Å². The Morgan fingerprint density at radius 3 is 2.38 bits per heavy atom. The number of phenolic OH excluding ortho intramolecular Hbond substituents is 1. The van der Waals surface area contributed by atoms with Crippen LogP contribution in [0.2, 0.25) is 0 Å². The molecule has 0 aliphatic heterocycles. The third-order valence-electron chi connectivity index (χ3n) is 5.94.